The summed E-state index contributed by atoms with van der Waals surface area (Å²) in [4.78, 5) is 2.37. The van der Waals surface area contributed by atoms with Crippen molar-refractivity contribution in [1.29, 1.82) is 0 Å². The quantitative estimate of drug-likeness (QED) is 0.646. The summed E-state index contributed by atoms with van der Waals surface area (Å²) < 4.78 is 0. The molecule has 0 unspecified atom stereocenters. The number of aryl methyl sites for hydroxylation is 1. The van der Waals surface area contributed by atoms with Gasteiger partial charge in [-0.25, -0.2) is 0 Å². The molecule has 0 aliphatic heterocycles. The summed E-state index contributed by atoms with van der Waals surface area (Å²) in [5.74, 6) is 0. The highest BCUT2D eigenvalue weighted by atomic mass is 15.1. The van der Waals surface area contributed by atoms with Crippen LogP contribution in [0, 0.1) is 6.92 Å². The van der Waals surface area contributed by atoms with Gasteiger partial charge in [-0.3, -0.25) is 0 Å². The van der Waals surface area contributed by atoms with Gasteiger partial charge >= 0.3 is 0 Å². The fourth-order valence-corrected chi connectivity index (χ4v) is 4.05. The molecule has 0 spiro atoms. The lowest BCUT2D eigenvalue weighted by Gasteiger charge is -2.44. The van der Waals surface area contributed by atoms with Gasteiger partial charge in [-0.2, -0.15) is 0 Å². The summed E-state index contributed by atoms with van der Waals surface area (Å²) in [5.41, 5.74) is 7.50. The van der Waals surface area contributed by atoms with Crippen molar-refractivity contribution in [3.63, 3.8) is 0 Å². The zero-order valence-electron chi connectivity index (χ0n) is 15.4. The molecule has 3 rings (SSSR count). The second kappa shape index (κ2) is 5.40. The van der Waals surface area contributed by atoms with Gasteiger partial charge in [-0.15, -0.1) is 0 Å². The second-order valence-electron chi connectivity index (χ2n) is 8.31. The molecule has 0 fully saturated rings. The summed E-state index contributed by atoms with van der Waals surface area (Å²) in [5, 5.41) is 0. The van der Waals surface area contributed by atoms with Crippen molar-refractivity contribution in [2.24, 2.45) is 0 Å². The SMILES string of the molecule is Cc1ccccc1N(C)c1cccc2c1C(C)(C)CCC2(C)C. The van der Waals surface area contributed by atoms with Crippen LogP contribution in [-0.4, -0.2) is 7.05 Å². The largest absolute Gasteiger partial charge is 0.344 e. The smallest absolute Gasteiger partial charge is 0.0449 e. The third kappa shape index (κ3) is 2.67. The van der Waals surface area contributed by atoms with E-state index in [1.165, 1.54) is 40.9 Å². The molecule has 1 nitrogen and oxygen atoms in total. The molecule has 0 saturated carbocycles. The van der Waals surface area contributed by atoms with Crippen LogP contribution in [0.25, 0.3) is 0 Å². The summed E-state index contributed by atoms with van der Waals surface area (Å²) in [6.45, 7) is 11.8. The Kier molecular flexibility index (Phi) is 3.78. The maximum absolute atomic E-state index is 2.40. The Labute approximate surface area is 141 Å². The van der Waals surface area contributed by atoms with Crippen LogP contribution in [0.3, 0.4) is 0 Å². The van der Waals surface area contributed by atoms with E-state index in [1.54, 1.807) is 0 Å². The maximum atomic E-state index is 2.40. The van der Waals surface area contributed by atoms with Crippen LogP contribution in [0.2, 0.25) is 0 Å². The van der Waals surface area contributed by atoms with Crippen LogP contribution in [0.4, 0.5) is 11.4 Å². The van der Waals surface area contributed by atoms with Gasteiger partial charge in [0.15, 0.2) is 0 Å². The Balaban J connectivity index is 2.21. The molecule has 2 aromatic carbocycles. The Hall–Kier alpha value is -1.76. The van der Waals surface area contributed by atoms with Gasteiger partial charge in [0.1, 0.15) is 0 Å². The van der Waals surface area contributed by atoms with Crippen molar-refractivity contribution in [1.82, 2.24) is 0 Å². The summed E-state index contributed by atoms with van der Waals surface area (Å²) in [6, 6.07) is 15.5. The molecule has 0 heterocycles. The van der Waals surface area contributed by atoms with Crippen LogP contribution in [0.15, 0.2) is 42.5 Å². The van der Waals surface area contributed by atoms with Gasteiger partial charge in [-0.05, 0) is 59.4 Å². The van der Waals surface area contributed by atoms with Gasteiger partial charge in [0.05, 0.1) is 0 Å². The molecule has 0 saturated heterocycles. The first-order valence-corrected chi connectivity index (χ1v) is 8.67. The molecule has 23 heavy (non-hydrogen) atoms. The Bertz CT molecular complexity index is 725. The van der Waals surface area contributed by atoms with Crippen molar-refractivity contribution >= 4 is 11.4 Å². The van der Waals surface area contributed by atoms with Crippen LogP contribution in [0.5, 0.6) is 0 Å². The van der Waals surface area contributed by atoms with Crippen molar-refractivity contribution in [3.8, 4) is 0 Å². The Morgan fingerprint density at radius 2 is 1.39 bits per heavy atom. The maximum Gasteiger partial charge on any atom is 0.0449 e. The lowest BCUT2D eigenvalue weighted by Crippen LogP contribution is -2.35. The van der Waals surface area contributed by atoms with Crippen LogP contribution >= 0.6 is 0 Å². The predicted octanol–water partition coefficient (Wildman–Crippen LogP) is 6.11. The van der Waals surface area contributed by atoms with Crippen molar-refractivity contribution in [2.45, 2.75) is 58.3 Å². The highest BCUT2D eigenvalue weighted by Gasteiger charge is 2.39. The molecule has 0 radical (unpaired) electrons. The number of hydrogen-bond donors (Lipinski definition) is 0. The third-order valence-electron chi connectivity index (χ3n) is 5.66. The molecular weight excluding hydrogens is 278 g/mol. The minimum Gasteiger partial charge on any atom is -0.344 e. The molecule has 2 aromatic rings. The van der Waals surface area contributed by atoms with Gasteiger partial charge < -0.3 is 4.90 Å². The molecule has 122 valence electrons. The van der Waals surface area contributed by atoms with E-state index in [-0.39, 0.29) is 10.8 Å². The molecule has 1 heteroatoms. The topological polar surface area (TPSA) is 3.24 Å². The minimum absolute atomic E-state index is 0.221. The second-order valence-corrected chi connectivity index (χ2v) is 8.31. The monoisotopic (exact) mass is 307 g/mol. The lowest BCUT2D eigenvalue weighted by molar-refractivity contribution is 0.332. The number of hydrogen-bond acceptors (Lipinski definition) is 1. The first kappa shape index (κ1) is 16.1. The zero-order valence-corrected chi connectivity index (χ0v) is 15.4. The van der Waals surface area contributed by atoms with Gasteiger partial charge in [0.25, 0.3) is 0 Å². The summed E-state index contributed by atoms with van der Waals surface area (Å²) in [6.07, 6.45) is 2.50. The van der Waals surface area contributed by atoms with E-state index in [1.807, 2.05) is 0 Å². The van der Waals surface area contributed by atoms with Crippen LogP contribution in [0.1, 0.15) is 57.2 Å². The van der Waals surface area contributed by atoms with Gasteiger partial charge in [-0.1, -0.05) is 58.0 Å². The number of para-hydroxylation sites is 1. The first-order valence-electron chi connectivity index (χ1n) is 8.67. The molecule has 0 N–H and O–H groups in total. The zero-order chi connectivity index (χ0) is 16.8. The third-order valence-corrected chi connectivity index (χ3v) is 5.66. The van der Waals surface area contributed by atoms with Crippen molar-refractivity contribution in [2.75, 3.05) is 11.9 Å². The van der Waals surface area contributed by atoms with E-state index in [4.69, 9.17) is 0 Å². The Morgan fingerprint density at radius 1 is 0.783 bits per heavy atom. The van der Waals surface area contributed by atoms with Crippen molar-refractivity contribution in [3.05, 3.63) is 59.2 Å². The van der Waals surface area contributed by atoms with Crippen LogP contribution < -0.4 is 4.90 Å². The van der Waals surface area contributed by atoms with E-state index in [2.05, 4.69) is 89.0 Å². The van der Waals surface area contributed by atoms with E-state index < -0.39 is 0 Å². The standard InChI is InChI=1S/C22H29N/c1-16-10-7-8-12-18(16)23(6)19-13-9-11-17-20(19)22(4,5)15-14-21(17,2)3/h7-13H,14-15H2,1-6H3. The molecule has 0 amide bonds. The average Bonchev–Trinajstić information content (AvgIpc) is 2.51. The number of nitrogens with zero attached hydrogens (tertiary/aromatic N) is 1. The van der Waals surface area contributed by atoms with E-state index in [0.717, 1.165) is 0 Å². The normalized spacial score (nSPS) is 18.3. The molecule has 0 aromatic heterocycles. The van der Waals surface area contributed by atoms with E-state index in [0.29, 0.717) is 0 Å². The fraction of sp³-hybridized carbons (Fsp3) is 0.455. The highest BCUT2D eigenvalue weighted by Crippen LogP contribution is 2.50. The van der Waals surface area contributed by atoms with E-state index >= 15 is 0 Å². The number of anilines is 2. The number of benzene rings is 2. The van der Waals surface area contributed by atoms with Gasteiger partial charge in [0.2, 0.25) is 0 Å². The molecule has 0 atom stereocenters. The average molecular weight is 307 g/mol. The van der Waals surface area contributed by atoms with Gasteiger partial charge in [0, 0.05) is 18.4 Å². The number of rotatable bonds is 2. The summed E-state index contributed by atoms with van der Waals surface area (Å²) >= 11 is 0. The Morgan fingerprint density at radius 3 is 2.09 bits per heavy atom. The lowest BCUT2D eigenvalue weighted by atomic mass is 9.62. The van der Waals surface area contributed by atoms with Crippen molar-refractivity contribution < 1.29 is 0 Å². The molecule has 1 aliphatic carbocycles. The molecular formula is C22H29N. The highest BCUT2D eigenvalue weighted by molar-refractivity contribution is 5.71. The fourth-order valence-electron chi connectivity index (χ4n) is 4.05. The number of fused-ring (bicyclic) bond motifs is 1. The van der Waals surface area contributed by atoms with E-state index in [9.17, 15) is 0 Å². The molecule has 1 aliphatic rings. The summed E-state index contributed by atoms with van der Waals surface area (Å²) in [7, 11) is 2.20. The minimum atomic E-state index is 0.221. The molecule has 0 bridgehead atoms. The predicted molar refractivity (Wildman–Crippen MR) is 101 cm³/mol. The first-order chi connectivity index (χ1) is 10.7. The van der Waals surface area contributed by atoms with Crippen LogP contribution in [-0.2, 0) is 10.8 Å².